The molecule has 1 saturated carbocycles. The lowest BCUT2D eigenvalue weighted by molar-refractivity contribution is 0.667. The molecule has 2 N–H and O–H groups in total. The fourth-order valence-electron chi connectivity index (χ4n) is 4.76. The quantitative estimate of drug-likeness (QED) is 0.397. The Hall–Kier alpha value is -4.28. The van der Waals surface area contributed by atoms with Crippen LogP contribution in [-0.4, -0.2) is 24.3 Å². The number of pyridine rings is 1. The summed E-state index contributed by atoms with van der Waals surface area (Å²) in [6, 6.07) is 15.9. The van der Waals surface area contributed by atoms with Gasteiger partial charge >= 0.3 is 0 Å². The number of benzene rings is 2. The van der Waals surface area contributed by atoms with Crippen molar-refractivity contribution in [1.29, 1.82) is 0 Å². The van der Waals surface area contributed by atoms with Gasteiger partial charge in [-0.3, -0.25) is 9.36 Å². The molecule has 0 spiro atoms. The van der Waals surface area contributed by atoms with Crippen LogP contribution in [0, 0.1) is 31.6 Å². The van der Waals surface area contributed by atoms with Gasteiger partial charge in [0.05, 0.1) is 28.7 Å². The predicted octanol–water partition coefficient (Wildman–Crippen LogP) is 4.02. The summed E-state index contributed by atoms with van der Waals surface area (Å²) in [5.74, 6) is 6.98. The molecular weight excluding hydrogens is 448 g/mol. The SMILES string of the molecule is Cc1ccccc1-n1c(Cn2nc(C#CC3CC3)c3c(CN)ncnc32)cc2cccc(C)c2c1=O. The van der Waals surface area contributed by atoms with Crippen LogP contribution < -0.4 is 11.3 Å². The minimum atomic E-state index is -0.0441. The van der Waals surface area contributed by atoms with Crippen molar-refractivity contribution < 1.29 is 0 Å². The van der Waals surface area contributed by atoms with Crippen LogP contribution in [0.25, 0.3) is 27.5 Å². The molecule has 178 valence electrons. The van der Waals surface area contributed by atoms with E-state index in [4.69, 9.17) is 10.8 Å². The molecule has 0 unspecified atom stereocenters. The third kappa shape index (κ3) is 3.76. The number of aryl methyl sites for hydroxylation is 2. The highest BCUT2D eigenvalue weighted by atomic mass is 16.1. The van der Waals surface area contributed by atoms with Gasteiger partial charge in [0.2, 0.25) is 0 Å². The predicted molar refractivity (Wildman–Crippen MR) is 141 cm³/mol. The molecule has 7 nitrogen and oxygen atoms in total. The van der Waals surface area contributed by atoms with Crippen LogP contribution in [0.3, 0.4) is 0 Å². The van der Waals surface area contributed by atoms with Gasteiger partial charge in [-0.05, 0) is 61.3 Å². The Balaban J connectivity index is 1.60. The molecule has 0 radical (unpaired) electrons. The van der Waals surface area contributed by atoms with Crippen molar-refractivity contribution in [2.24, 2.45) is 11.7 Å². The maximum Gasteiger partial charge on any atom is 0.263 e. The number of para-hydroxylation sites is 1. The van der Waals surface area contributed by atoms with Crippen molar-refractivity contribution in [2.45, 2.75) is 39.8 Å². The first-order valence-corrected chi connectivity index (χ1v) is 12.2. The Morgan fingerprint density at radius 1 is 1.03 bits per heavy atom. The van der Waals surface area contributed by atoms with Gasteiger partial charge in [0, 0.05) is 18.2 Å². The lowest BCUT2D eigenvalue weighted by Gasteiger charge is -2.17. The van der Waals surface area contributed by atoms with Gasteiger partial charge in [-0.1, -0.05) is 42.3 Å². The number of nitrogens with zero attached hydrogens (tertiary/aromatic N) is 5. The summed E-state index contributed by atoms with van der Waals surface area (Å²) in [5.41, 5.74) is 11.6. The van der Waals surface area contributed by atoms with Crippen molar-refractivity contribution in [2.75, 3.05) is 0 Å². The lowest BCUT2D eigenvalue weighted by atomic mass is 10.1. The summed E-state index contributed by atoms with van der Waals surface area (Å²) < 4.78 is 3.62. The Labute approximate surface area is 208 Å². The highest BCUT2D eigenvalue weighted by Crippen LogP contribution is 2.28. The number of nitrogens with two attached hydrogens (primary N) is 1. The maximum absolute atomic E-state index is 13.9. The summed E-state index contributed by atoms with van der Waals surface area (Å²) in [6.45, 7) is 4.61. The first-order valence-electron chi connectivity index (χ1n) is 12.2. The number of hydrogen-bond acceptors (Lipinski definition) is 5. The van der Waals surface area contributed by atoms with Crippen molar-refractivity contribution in [3.8, 4) is 17.5 Å². The van der Waals surface area contributed by atoms with E-state index in [9.17, 15) is 4.79 Å². The van der Waals surface area contributed by atoms with Crippen LogP contribution in [0.5, 0.6) is 0 Å². The molecule has 7 heteroatoms. The van der Waals surface area contributed by atoms with Gasteiger partial charge in [0.15, 0.2) is 5.65 Å². The number of fused-ring (bicyclic) bond motifs is 2. The Morgan fingerprint density at radius 2 is 1.83 bits per heavy atom. The van der Waals surface area contributed by atoms with Crippen molar-refractivity contribution in [3.05, 3.63) is 93.4 Å². The minimum absolute atomic E-state index is 0.0441. The highest BCUT2D eigenvalue weighted by molar-refractivity contribution is 5.86. The lowest BCUT2D eigenvalue weighted by Crippen LogP contribution is -2.25. The highest BCUT2D eigenvalue weighted by Gasteiger charge is 2.21. The van der Waals surface area contributed by atoms with E-state index in [0.717, 1.165) is 57.2 Å². The van der Waals surface area contributed by atoms with E-state index in [0.29, 0.717) is 23.8 Å². The molecule has 0 atom stereocenters. The van der Waals surface area contributed by atoms with E-state index >= 15 is 0 Å². The topological polar surface area (TPSA) is 91.6 Å². The van der Waals surface area contributed by atoms with E-state index in [1.807, 2.05) is 61.0 Å². The summed E-state index contributed by atoms with van der Waals surface area (Å²) in [5, 5.41) is 7.26. The minimum Gasteiger partial charge on any atom is -0.325 e. The Bertz CT molecular complexity index is 1760. The standard InChI is InChI=1S/C29H26N6O/c1-18-6-3-4-9-25(18)35-22(14-21-8-5-7-19(2)26(21)29(35)36)16-34-28-27(24(15-30)31-17-32-28)23(33-34)13-12-20-10-11-20/h3-9,14,17,20H,10-11,15-16,30H2,1-2H3. The maximum atomic E-state index is 13.9. The molecule has 1 aliphatic carbocycles. The van der Waals surface area contributed by atoms with Crippen LogP contribution in [0.4, 0.5) is 0 Å². The third-order valence-corrected chi connectivity index (χ3v) is 6.77. The third-order valence-electron chi connectivity index (χ3n) is 6.77. The van der Waals surface area contributed by atoms with Crippen molar-refractivity contribution in [1.82, 2.24) is 24.3 Å². The Kier molecular flexibility index (Phi) is 5.39. The molecule has 1 aliphatic rings. The fraction of sp³-hybridized carbons (Fsp3) is 0.241. The second kappa shape index (κ2) is 8.74. The fourth-order valence-corrected chi connectivity index (χ4v) is 4.76. The van der Waals surface area contributed by atoms with Crippen molar-refractivity contribution in [3.63, 3.8) is 0 Å². The molecular formula is C29H26N6O. The largest absolute Gasteiger partial charge is 0.325 e. The molecule has 6 rings (SSSR count). The second-order valence-corrected chi connectivity index (χ2v) is 9.37. The van der Waals surface area contributed by atoms with Gasteiger partial charge in [-0.25, -0.2) is 14.6 Å². The van der Waals surface area contributed by atoms with E-state index in [1.165, 1.54) is 6.33 Å². The van der Waals surface area contributed by atoms with Crippen LogP contribution in [-0.2, 0) is 13.1 Å². The van der Waals surface area contributed by atoms with E-state index in [-0.39, 0.29) is 12.1 Å². The summed E-state index contributed by atoms with van der Waals surface area (Å²) in [7, 11) is 0. The molecule has 2 aromatic carbocycles. The summed E-state index contributed by atoms with van der Waals surface area (Å²) in [6.07, 6.45) is 3.77. The van der Waals surface area contributed by atoms with E-state index in [2.05, 4.69) is 27.9 Å². The Morgan fingerprint density at radius 3 is 2.61 bits per heavy atom. The number of hydrogen-bond donors (Lipinski definition) is 1. The smallest absolute Gasteiger partial charge is 0.263 e. The zero-order valence-electron chi connectivity index (χ0n) is 20.3. The normalized spacial score (nSPS) is 13.2. The van der Waals surface area contributed by atoms with Crippen LogP contribution in [0.15, 0.2) is 59.7 Å². The molecule has 3 heterocycles. The van der Waals surface area contributed by atoms with Crippen LogP contribution in [0.2, 0.25) is 0 Å². The van der Waals surface area contributed by atoms with Gasteiger partial charge < -0.3 is 5.73 Å². The van der Waals surface area contributed by atoms with Gasteiger partial charge in [-0.15, -0.1) is 0 Å². The summed E-state index contributed by atoms with van der Waals surface area (Å²) >= 11 is 0. The molecule has 3 aromatic heterocycles. The van der Waals surface area contributed by atoms with Gasteiger partial charge in [-0.2, -0.15) is 5.10 Å². The van der Waals surface area contributed by atoms with Crippen LogP contribution in [0.1, 0.15) is 41.1 Å². The molecule has 36 heavy (non-hydrogen) atoms. The van der Waals surface area contributed by atoms with Gasteiger partial charge in [0.1, 0.15) is 12.0 Å². The zero-order valence-corrected chi connectivity index (χ0v) is 20.3. The van der Waals surface area contributed by atoms with Crippen LogP contribution >= 0.6 is 0 Å². The molecule has 0 amide bonds. The molecule has 0 bridgehead atoms. The molecule has 0 saturated heterocycles. The molecule has 0 aliphatic heterocycles. The first-order chi connectivity index (χ1) is 17.5. The summed E-state index contributed by atoms with van der Waals surface area (Å²) in [4.78, 5) is 22.9. The second-order valence-electron chi connectivity index (χ2n) is 9.37. The number of rotatable bonds is 4. The zero-order chi connectivity index (χ0) is 24.8. The molecule has 1 fully saturated rings. The average molecular weight is 475 g/mol. The van der Waals surface area contributed by atoms with E-state index < -0.39 is 0 Å². The van der Waals surface area contributed by atoms with Gasteiger partial charge in [0.25, 0.3) is 5.56 Å². The molecule has 5 aromatic rings. The van der Waals surface area contributed by atoms with E-state index in [1.54, 1.807) is 4.57 Å². The number of aromatic nitrogens is 5. The van der Waals surface area contributed by atoms with Crippen molar-refractivity contribution >= 4 is 21.8 Å². The average Bonchev–Trinajstić information content (AvgIpc) is 3.65. The first kappa shape index (κ1) is 22.2. The monoisotopic (exact) mass is 474 g/mol.